The van der Waals surface area contributed by atoms with E-state index in [0.717, 1.165) is 11.1 Å². The van der Waals surface area contributed by atoms with E-state index in [1.807, 2.05) is 51.7 Å². The Bertz CT molecular complexity index is 2300. The smallest absolute Gasteiger partial charge is 0.407 e. The van der Waals surface area contributed by atoms with Crippen molar-refractivity contribution in [2.24, 2.45) is 0 Å². The van der Waals surface area contributed by atoms with Gasteiger partial charge in [-0.2, -0.15) is 0 Å². The predicted octanol–water partition coefficient (Wildman–Crippen LogP) is 4.82. The maximum absolute atomic E-state index is 14.8. The van der Waals surface area contributed by atoms with Gasteiger partial charge in [0.15, 0.2) is 11.2 Å². The summed E-state index contributed by atoms with van der Waals surface area (Å²) in [4.78, 5) is 69.2. The van der Waals surface area contributed by atoms with E-state index in [0.29, 0.717) is 44.8 Å². The molecule has 1 fully saturated rings. The monoisotopic (exact) mass is 653 g/mol. The maximum atomic E-state index is 14.8. The van der Waals surface area contributed by atoms with Crippen molar-refractivity contribution in [1.29, 1.82) is 0 Å². The van der Waals surface area contributed by atoms with Crippen LogP contribution in [0.3, 0.4) is 0 Å². The van der Waals surface area contributed by atoms with Crippen LogP contribution >= 0.6 is 11.6 Å². The topological polar surface area (TPSA) is 146 Å². The number of fused-ring (bicyclic) bond motifs is 6. The number of halogens is 1. The van der Waals surface area contributed by atoms with Gasteiger partial charge in [-0.15, -0.1) is 0 Å². The molecular weight excluding hydrogens is 622 g/mol. The first-order valence-electron chi connectivity index (χ1n) is 15.3. The maximum Gasteiger partial charge on any atom is 0.417 e. The molecule has 2 atom stereocenters. The molecule has 6 heterocycles. The van der Waals surface area contributed by atoms with E-state index in [9.17, 15) is 19.2 Å². The average molecular weight is 654 g/mol. The summed E-state index contributed by atoms with van der Waals surface area (Å²) in [7, 11) is 0. The minimum Gasteiger partial charge on any atom is -0.407 e. The number of H-pyrrole nitrogens is 1. The summed E-state index contributed by atoms with van der Waals surface area (Å²) in [5.74, 6) is -1.36. The van der Waals surface area contributed by atoms with Crippen LogP contribution in [0, 0.1) is 13.8 Å². The molecule has 0 radical (unpaired) electrons. The Morgan fingerprint density at radius 3 is 2.62 bits per heavy atom. The van der Waals surface area contributed by atoms with Gasteiger partial charge in [-0.05, 0) is 62.1 Å². The van der Waals surface area contributed by atoms with E-state index in [4.69, 9.17) is 21.0 Å². The van der Waals surface area contributed by atoms with E-state index >= 15 is 0 Å². The second kappa shape index (κ2) is 10.9. The van der Waals surface area contributed by atoms with E-state index in [-0.39, 0.29) is 47.3 Å². The Labute approximate surface area is 273 Å². The van der Waals surface area contributed by atoms with Crippen LogP contribution in [0.1, 0.15) is 43.5 Å². The summed E-state index contributed by atoms with van der Waals surface area (Å²) in [6, 6.07) is 6.07. The first-order valence-corrected chi connectivity index (χ1v) is 15.7. The van der Waals surface area contributed by atoms with Crippen LogP contribution in [-0.4, -0.2) is 61.4 Å². The summed E-state index contributed by atoms with van der Waals surface area (Å²) < 4.78 is 7.05. The molecule has 5 aromatic rings. The highest BCUT2D eigenvalue weighted by atomic mass is 35.5. The van der Waals surface area contributed by atoms with E-state index < -0.39 is 23.3 Å². The zero-order chi connectivity index (χ0) is 33.5. The molecule has 12 nitrogen and oxygen atoms in total. The number of nitrogens with zero attached hydrogens (tertiary/aromatic N) is 5. The van der Waals surface area contributed by atoms with Crippen molar-refractivity contribution in [3.05, 3.63) is 85.9 Å². The van der Waals surface area contributed by atoms with Crippen LogP contribution in [0.5, 0.6) is 0 Å². The van der Waals surface area contributed by atoms with Crippen molar-refractivity contribution in [3.63, 3.8) is 0 Å². The zero-order valence-electron chi connectivity index (χ0n) is 26.5. The van der Waals surface area contributed by atoms with Crippen molar-refractivity contribution in [2.45, 2.75) is 52.6 Å². The predicted molar refractivity (Wildman–Crippen MR) is 181 cm³/mol. The van der Waals surface area contributed by atoms with Gasteiger partial charge in [0.25, 0.3) is 5.56 Å². The Balaban J connectivity index is 1.60. The number of aromatic nitrogens is 4. The summed E-state index contributed by atoms with van der Waals surface area (Å²) in [5.41, 5.74) is 4.72. The van der Waals surface area contributed by atoms with Crippen molar-refractivity contribution in [2.75, 3.05) is 23.3 Å². The number of hydrogen-bond acceptors (Lipinski definition) is 8. The molecule has 1 aromatic carbocycles. The van der Waals surface area contributed by atoms with Gasteiger partial charge < -0.3 is 19.5 Å². The summed E-state index contributed by atoms with van der Waals surface area (Å²) >= 11 is 7.06. The molecule has 0 bridgehead atoms. The van der Waals surface area contributed by atoms with Gasteiger partial charge in [0.05, 0.1) is 39.8 Å². The summed E-state index contributed by atoms with van der Waals surface area (Å²) in [6.45, 7) is 13.6. The van der Waals surface area contributed by atoms with E-state index in [2.05, 4.69) is 21.9 Å². The molecule has 2 amide bonds. The van der Waals surface area contributed by atoms with Crippen LogP contribution in [0.4, 0.5) is 11.4 Å². The Morgan fingerprint density at radius 2 is 1.89 bits per heavy atom. The van der Waals surface area contributed by atoms with Crippen LogP contribution in [0.2, 0.25) is 5.02 Å². The molecule has 2 unspecified atom stereocenters. The number of anilines is 2. The molecule has 4 aromatic heterocycles. The number of amides is 2. The van der Waals surface area contributed by atoms with Gasteiger partial charge in [-0.1, -0.05) is 38.1 Å². The van der Waals surface area contributed by atoms with Gasteiger partial charge in [-0.25, -0.2) is 9.78 Å². The number of piperazine rings is 1. The van der Waals surface area contributed by atoms with Crippen molar-refractivity contribution in [3.8, 4) is 16.9 Å². The third kappa shape index (κ3) is 4.57. The fourth-order valence-corrected chi connectivity index (χ4v) is 7.08. The first-order chi connectivity index (χ1) is 22.4. The average Bonchev–Trinajstić information content (AvgIpc) is 3.41. The Kier molecular flexibility index (Phi) is 7.08. The standard InChI is InChI=1S/C34H32ClN7O5/c1-7-23(43)40-14-22-32(44)39-27-29(41(22)13-18(40)6)19-12-20(35)26(24-16(4)8-9-21-30(24)47-34(46)37-21)38-31(19)42(33(27)45)28-17(5)10-11-36-25(28)15(2)3/h7-12,15,18,22H,1,13-14H2,2-6H3,(H,37,46)(H,39,44). The Morgan fingerprint density at radius 1 is 1.13 bits per heavy atom. The minimum absolute atomic E-state index is 0.0601. The van der Waals surface area contributed by atoms with Gasteiger partial charge in [-0.3, -0.25) is 28.9 Å². The quantitative estimate of drug-likeness (QED) is 0.263. The van der Waals surface area contributed by atoms with Crippen molar-refractivity contribution < 1.29 is 14.0 Å². The number of oxazole rings is 1. The van der Waals surface area contributed by atoms with Crippen LogP contribution in [0.25, 0.3) is 39.1 Å². The number of pyridine rings is 3. The van der Waals surface area contributed by atoms with Gasteiger partial charge >= 0.3 is 5.76 Å². The number of hydrogen-bond donors (Lipinski definition) is 2. The number of rotatable bonds is 4. The summed E-state index contributed by atoms with van der Waals surface area (Å²) in [6.07, 6.45) is 2.93. The van der Waals surface area contributed by atoms with Gasteiger partial charge in [0, 0.05) is 29.7 Å². The second-order valence-electron chi connectivity index (χ2n) is 12.4. The fraction of sp³-hybridized carbons (Fsp3) is 0.294. The number of carbonyl (C=O) groups is 2. The molecule has 240 valence electrons. The highest BCUT2D eigenvalue weighted by Gasteiger charge is 2.44. The molecular formula is C34H32ClN7O5. The molecule has 2 aliphatic heterocycles. The van der Waals surface area contributed by atoms with E-state index in [1.54, 1.807) is 23.2 Å². The molecule has 0 aliphatic carbocycles. The molecule has 2 N–H and O–H groups in total. The third-order valence-corrected chi connectivity index (χ3v) is 9.36. The third-order valence-electron chi connectivity index (χ3n) is 9.07. The molecule has 0 saturated carbocycles. The highest BCUT2D eigenvalue weighted by molar-refractivity contribution is 6.34. The van der Waals surface area contributed by atoms with Crippen LogP contribution in [-0.2, 0) is 9.59 Å². The first kappa shape index (κ1) is 30.4. The molecule has 13 heteroatoms. The summed E-state index contributed by atoms with van der Waals surface area (Å²) in [5, 5.41) is 3.64. The SMILES string of the molecule is C=CC(=O)N1CC2C(=O)Nc3c(c4cc(Cl)c(-c5c(C)ccc6[nH]c(=O)oc56)nc4n(-c4c(C)ccnc4C(C)C)c3=O)N2CC1C. The number of aromatic amines is 1. The normalized spacial score (nSPS) is 17.6. The van der Waals surface area contributed by atoms with Crippen molar-refractivity contribution in [1.82, 2.24) is 24.4 Å². The van der Waals surface area contributed by atoms with Gasteiger partial charge in [0.1, 0.15) is 11.7 Å². The number of aryl methyl sites for hydroxylation is 2. The lowest BCUT2D eigenvalue weighted by molar-refractivity contribution is -0.130. The molecule has 47 heavy (non-hydrogen) atoms. The van der Waals surface area contributed by atoms with E-state index in [1.165, 1.54) is 10.6 Å². The molecule has 0 spiro atoms. The molecule has 7 rings (SSSR count). The zero-order valence-corrected chi connectivity index (χ0v) is 27.2. The second-order valence-corrected chi connectivity index (χ2v) is 12.8. The molecule has 1 saturated heterocycles. The lowest BCUT2D eigenvalue weighted by Crippen LogP contribution is -2.64. The number of benzene rings is 1. The molecule has 2 aliphatic rings. The lowest BCUT2D eigenvalue weighted by atomic mass is 9.98. The lowest BCUT2D eigenvalue weighted by Gasteiger charge is -2.48. The Hall–Kier alpha value is -5.23. The fourth-order valence-electron chi connectivity index (χ4n) is 6.83. The van der Waals surface area contributed by atoms with Crippen LogP contribution < -0.4 is 21.5 Å². The van der Waals surface area contributed by atoms with Crippen molar-refractivity contribution >= 4 is 56.9 Å². The van der Waals surface area contributed by atoms with Gasteiger partial charge in [0.2, 0.25) is 11.8 Å². The minimum atomic E-state index is -0.768. The van der Waals surface area contributed by atoms with Crippen LogP contribution in [0.15, 0.2) is 57.1 Å². The number of carbonyl (C=O) groups excluding carboxylic acids is 2. The largest absolute Gasteiger partial charge is 0.417 e. The highest BCUT2D eigenvalue weighted by Crippen LogP contribution is 2.43. The number of nitrogens with one attached hydrogen (secondary N) is 2.